The summed E-state index contributed by atoms with van der Waals surface area (Å²) in [4.78, 5) is 32.1. The van der Waals surface area contributed by atoms with E-state index >= 15 is 0 Å². The monoisotopic (exact) mass is 405 g/mol. The maximum Gasteiger partial charge on any atom is 0.270 e. The quantitative estimate of drug-likeness (QED) is 0.681. The topological polar surface area (TPSA) is 93.3 Å². The molecule has 1 aromatic heterocycles. The van der Waals surface area contributed by atoms with Crippen molar-refractivity contribution < 1.29 is 14.3 Å². The number of fused-ring (bicyclic) bond motifs is 1. The van der Waals surface area contributed by atoms with Crippen LogP contribution >= 0.6 is 0 Å². The Kier molecular flexibility index (Phi) is 5.52. The van der Waals surface area contributed by atoms with Gasteiger partial charge in [-0.05, 0) is 30.7 Å². The highest BCUT2D eigenvalue weighted by Crippen LogP contribution is 2.32. The highest BCUT2D eigenvalue weighted by Gasteiger charge is 2.24. The highest BCUT2D eigenvalue weighted by molar-refractivity contribution is 5.92. The van der Waals surface area contributed by atoms with Crippen molar-refractivity contribution in [3.63, 3.8) is 0 Å². The van der Waals surface area contributed by atoms with Crippen LogP contribution in [0.4, 0.5) is 0 Å². The van der Waals surface area contributed by atoms with Crippen LogP contribution in [0, 0.1) is 6.92 Å². The van der Waals surface area contributed by atoms with Gasteiger partial charge < -0.3 is 19.8 Å². The van der Waals surface area contributed by atoms with Crippen molar-refractivity contribution in [3.8, 4) is 11.5 Å². The third-order valence-corrected chi connectivity index (χ3v) is 5.06. The molecule has 0 saturated heterocycles. The lowest BCUT2D eigenvalue weighted by atomic mass is 9.98. The predicted octanol–water partition coefficient (Wildman–Crippen LogP) is 2.93. The number of carbonyl (C=O) groups excluding carboxylic acids is 1. The summed E-state index contributed by atoms with van der Waals surface area (Å²) in [5, 5.41) is 3.00. The molecule has 30 heavy (non-hydrogen) atoms. The van der Waals surface area contributed by atoms with Crippen molar-refractivity contribution >= 4 is 5.91 Å². The minimum atomic E-state index is -0.378. The standard InChI is InChI=1S/C23H23N3O4/c1-14-3-8-20-17(11-14)18(9-10-30-20)25-23(28)19-13-22(27)26-21(24-19)12-15-4-6-16(29-2)7-5-15/h3-8,11,13,18H,9-10,12H2,1-2H3,(H,25,28)(H,24,26,27). The van der Waals surface area contributed by atoms with Gasteiger partial charge in [-0.3, -0.25) is 9.59 Å². The van der Waals surface area contributed by atoms with Crippen LogP contribution in [0.25, 0.3) is 0 Å². The van der Waals surface area contributed by atoms with E-state index in [9.17, 15) is 9.59 Å². The zero-order chi connectivity index (χ0) is 21.1. The molecule has 0 fully saturated rings. The summed E-state index contributed by atoms with van der Waals surface area (Å²) in [6.45, 7) is 2.52. The molecule has 1 unspecified atom stereocenters. The lowest BCUT2D eigenvalue weighted by Gasteiger charge is -2.27. The Labute approximate surface area is 174 Å². The van der Waals surface area contributed by atoms with E-state index in [4.69, 9.17) is 9.47 Å². The SMILES string of the molecule is COc1ccc(Cc2nc(C(=O)NC3CCOc4ccc(C)cc43)cc(=O)[nH]2)cc1. The number of hydrogen-bond acceptors (Lipinski definition) is 5. The summed E-state index contributed by atoms with van der Waals surface area (Å²) in [5.74, 6) is 1.58. The number of H-pyrrole nitrogens is 1. The van der Waals surface area contributed by atoms with E-state index in [-0.39, 0.29) is 23.2 Å². The summed E-state index contributed by atoms with van der Waals surface area (Å²) < 4.78 is 10.8. The summed E-state index contributed by atoms with van der Waals surface area (Å²) in [5.41, 5.74) is 2.72. The molecule has 3 aromatic rings. The summed E-state index contributed by atoms with van der Waals surface area (Å²) >= 11 is 0. The van der Waals surface area contributed by atoms with Crippen molar-refractivity contribution in [2.45, 2.75) is 25.8 Å². The molecule has 0 saturated carbocycles. The normalized spacial score (nSPS) is 15.1. The molecule has 2 N–H and O–H groups in total. The Balaban J connectivity index is 1.54. The van der Waals surface area contributed by atoms with E-state index < -0.39 is 0 Å². The van der Waals surface area contributed by atoms with Gasteiger partial charge in [0, 0.05) is 24.5 Å². The van der Waals surface area contributed by atoms with Gasteiger partial charge >= 0.3 is 0 Å². The van der Waals surface area contributed by atoms with Gasteiger partial charge in [0.2, 0.25) is 0 Å². The molecule has 1 amide bonds. The van der Waals surface area contributed by atoms with Crippen molar-refractivity contribution in [2.24, 2.45) is 0 Å². The van der Waals surface area contributed by atoms with Crippen molar-refractivity contribution in [3.05, 3.63) is 87.1 Å². The number of rotatable bonds is 5. The second kappa shape index (κ2) is 8.41. The van der Waals surface area contributed by atoms with E-state index in [2.05, 4.69) is 15.3 Å². The van der Waals surface area contributed by atoms with Crippen molar-refractivity contribution in [1.29, 1.82) is 0 Å². The van der Waals surface area contributed by atoms with Gasteiger partial charge in [-0.15, -0.1) is 0 Å². The molecule has 0 radical (unpaired) electrons. The van der Waals surface area contributed by atoms with E-state index in [1.165, 1.54) is 6.07 Å². The van der Waals surface area contributed by atoms with Gasteiger partial charge in [0.25, 0.3) is 11.5 Å². The van der Waals surface area contributed by atoms with Gasteiger partial charge in [-0.2, -0.15) is 0 Å². The molecule has 0 bridgehead atoms. The largest absolute Gasteiger partial charge is 0.497 e. The molecule has 154 valence electrons. The molecule has 1 atom stereocenters. The van der Waals surface area contributed by atoms with Crippen LogP contribution in [-0.4, -0.2) is 29.6 Å². The van der Waals surface area contributed by atoms with Crippen LogP contribution in [0.15, 0.2) is 53.3 Å². The Bertz CT molecular complexity index is 1120. The van der Waals surface area contributed by atoms with E-state index in [1.54, 1.807) is 7.11 Å². The van der Waals surface area contributed by atoms with Gasteiger partial charge in [0.15, 0.2) is 0 Å². The number of nitrogens with zero attached hydrogens (tertiary/aromatic N) is 1. The number of ether oxygens (including phenoxy) is 2. The fourth-order valence-electron chi connectivity index (χ4n) is 3.54. The third kappa shape index (κ3) is 4.35. The number of aryl methyl sites for hydroxylation is 1. The van der Waals surface area contributed by atoms with Gasteiger partial charge in [-0.25, -0.2) is 4.98 Å². The number of hydrogen-bond donors (Lipinski definition) is 2. The highest BCUT2D eigenvalue weighted by atomic mass is 16.5. The first-order valence-electron chi connectivity index (χ1n) is 9.79. The Morgan fingerprint density at radius 1 is 1.23 bits per heavy atom. The lowest BCUT2D eigenvalue weighted by Crippen LogP contribution is -2.33. The summed E-state index contributed by atoms with van der Waals surface area (Å²) in [6.07, 6.45) is 1.06. The lowest BCUT2D eigenvalue weighted by molar-refractivity contribution is 0.0919. The number of methoxy groups -OCH3 is 1. The van der Waals surface area contributed by atoms with Crippen LogP contribution in [0.1, 0.15) is 45.5 Å². The molecular formula is C23H23N3O4. The predicted molar refractivity (Wildman–Crippen MR) is 112 cm³/mol. The molecule has 1 aliphatic rings. The van der Waals surface area contributed by atoms with Crippen LogP contribution in [0.2, 0.25) is 0 Å². The van der Waals surface area contributed by atoms with E-state index in [0.29, 0.717) is 25.3 Å². The molecule has 7 nitrogen and oxygen atoms in total. The van der Waals surface area contributed by atoms with Crippen molar-refractivity contribution in [1.82, 2.24) is 15.3 Å². The fraction of sp³-hybridized carbons (Fsp3) is 0.261. The van der Waals surface area contributed by atoms with E-state index in [0.717, 1.165) is 28.2 Å². The minimum Gasteiger partial charge on any atom is -0.497 e. The summed E-state index contributed by atoms with van der Waals surface area (Å²) in [7, 11) is 1.61. The number of aromatic nitrogens is 2. The molecular weight excluding hydrogens is 382 g/mol. The molecule has 1 aliphatic heterocycles. The van der Waals surface area contributed by atoms with Crippen molar-refractivity contribution in [2.75, 3.05) is 13.7 Å². The van der Waals surface area contributed by atoms with Crippen LogP contribution in [-0.2, 0) is 6.42 Å². The Morgan fingerprint density at radius 3 is 2.80 bits per heavy atom. The Morgan fingerprint density at radius 2 is 2.03 bits per heavy atom. The first-order chi connectivity index (χ1) is 14.5. The molecule has 0 aliphatic carbocycles. The second-order valence-electron chi connectivity index (χ2n) is 7.31. The van der Waals surface area contributed by atoms with E-state index in [1.807, 2.05) is 49.4 Å². The number of carbonyl (C=O) groups is 1. The van der Waals surface area contributed by atoms with Crippen LogP contribution in [0.3, 0.4) is 0 Å². The Hall–Kier alpha value is -3.61. The summed E-state index contributed by atoms with van der Waals surface area (Å²) in [6, 6.07) is 14.4. The molecule has 4 rings (SSSR count). The number of aromatic amines is 1. The maximum atomic E-state index is 12.9. The average Bonchev–Trinajstić information content (AvgIpc) is 2.74. The minimum absolute atomic E-state index is 0.1000. The molecule has 2 aromatic carbocycles. The first-order valence-corrected chi connectivity index (χ1v) is 9.79. The average molecular weight is 405 g/mol. The third-order valence-electron chi connectivity index (χ3n) is 5.06. The zero-order valence-corrected chi connectivity index (χ0v) is 16.9. The number of amides is 1. The molecule has 2 heterocycles. The first kappa shape index (κ1) is 19.7. The van der Waals surface area contributed by atoms with Gasteiger partial charge in [0.05, 0.1) is 19.8 Å². The molecule has 0 spiro atoms. The van der Waals surface area contributed by atoms with Crippen LogP contribution in [0.5, 0.6) is 11.5 Å². The van der Waals surface area contributed by atoms with Gasteiger partial charge in [-0.1, -0.05) is 29.8 Å². The maximum absolute atomic E-state index is 12.9. The zero-order valence-electron chi connectivity index (χ0n) is 16.9. The molecule has 7 heteroatoms. The smallest absolute Gasteiger partial charge is 0.270 e. The second-order valence-corrected chi connectivity index (χ2v) is 7.31. The van der Waals surface area contributed by atoms with Gasteiger partial charge in [0.1, 0.15) is 23.0 Å². The number of benzene rings is 2. The number of nitrogens with one attached hydrogen (secondary N) is 2. The van der Waals surface area contributed by atoms with Crippen LogP contribution < -0.4 is 20.3 Å². The fourth-order valence-corrected chi connectivity index (χ4v) is 3.54.